The van der Waals surface area contributed by atoms with Crippen LogP contribution in [0.15, 0.2) is 71.8 Å². The summed E-state index contributed by atoms with van der Waals surface area (Å²) in [6.07, 6.45) is 3.97. The second kappa shape index (κ2) is 8.50. The van der Waals surface area contributed by atoms with Crippen molar-refractivity contribution < 1.29 is 14.3 Å². The minimum absolute atomic E-state index is 0.210. The van der Waals surface area contributed by atoms with Gasteiger partial charge in [0.2, 0.25) is 5.91 Å². The molecule has 160 valence electrons. The monoisotopic (exact) mass is 428 g/mol. The predicted octanol–water partition coefficient (Wildman–Crippen LogP) is 2.79. The van der Waals surface area contributed by atoms with Crippen molar-refractivity contribution in [3.8, 4) is 11.5 Å². The first-order valence-electron chi connectivity index (χ1n) is 10.2. The largest absolute Gasteiger partial charge is 0.486 e. The van der Waals surface area contributed by atoms with Crippen LogP contribution in [0, 0.1) is 0 Å². The van der Waals surface area contributed by atoms with Crippen LogP contribution in [0.1, 0.15) is 11.3 Å². The maximum atomic E-state index is 13.0. The zero-order valence-corrected chi connectivity index (χ0v) is 17.2. The molecule has 2 aromatic carbocycles. The molecule has 32 heavy (non-hydrogen) atoms. The van der Waals surface area contributed by atoms with Gasteiger partial charge in [-0.15, -0.1) is 0 Å². The lowest BCUT2D eigenvalue weighted by molar-refractivity contribution is -0.117. The zero-order chi connectivity index (χ0) is 21.9. The first-order valence-corrected chi connectivity index (χ1v) is 10.2. The van der Waals surface area contributed by atoms with Crippen molar-refractivity contribution in [2.45, 2.75) is 13.0 Å². The van der Waals surface area contributed by atoms with Crippen LogP contribution in [0.5, 0.6) is 11.5 Å². The van der Waals surface area contributed by atoms with E-state index in [0.29, 0.717) is 47.9 Å². The summed E-state index contributed by atoms with van der Waals surface area (Å²) in [4.78, 5) is 29.8. The van der Waals surface area contributed by atoms with Crippen LogP contribution < -0.4 is 20.3 Å². The van der Waals surface area contributed by atoms with E-state index in [2.05, 4.69) is 15.4 Å². The number of nitrogens with zero attached hydrogens (tertiary/aromatic N) is 3. The average molecular weight is 428 g/mol. The number of rotatable bonds is 5. The van der Waals surface area contributed by atoms with E-state index in [9.17, 15) is 9.59 Å². The van der Waals surface area contributed by atoms with Crippen LogP contribution in [0.4, 0.5) is 5.69 Å². The van der Waals surface area contributed by atoms with Gasteiger partial charge >= 0.3 is 0 Å². The standard InChI is InChI=1S/C24H20N4O4/c29-23(26-17-7-8-21-22(13-17)32-11-10-31-21)15-28-24(30)19-6-2-1-5-18(19)20(27-28)12-16-4-3-9-25-14-16/h1-9,13-14H,10-12,15H2,(H,26,29). The Bertz CT molecular complexity index is 1350. The number of pyridine rings is 1. The maximum absolute atomic E-state index is 13.0. The number of hydrogen-bond donors (Lipinski definition) is 1. The molecule has 3 heterocycles. The Kier molecular flexibility index (Phi) is 5.25. The molecule has 1 N–H and O–H groups in total. The Balaban J connectivity index is 1.43. The molecule has 1 aliphatic rings. The Labute approximate surface area is 183 Å². The number of carbonyl (C=O) groups excluding carboxylic acids is 1. The van der Waals surface area contributed by atoms with Crippen molar-refractivity contribution in [2.75, 3.05) is 18.5 Å². The van der Waals surface area contributed by atoms with Gasteiger partial charge in [0.25, 0.3) is 5.56 Å². The molecule has 0 unspecified atom stereocenters. The molecule has 4 aromatic rings. The Morgan fingerprint density at radius 2 is 1.81 bits per heavy atom. The van der Waals surface area contributed by atoms with Crippen molar-refractivity contribution in [2.24, 2.45) is 0 Å². The highest BCUT2D eigenvalue weighted by Gasteiger charge is 2.16. The molecule has 0 bridgehead atoms. The first kappa shape index (κ1) is 19.7. The number of anilines is 1. The number of ether oxygens (including phenoxy) is 2. The lowest BCUT2D eigenvalue weighted by Gasteiger charge is -2.19. The second-order valence-corrected chi connectivity index (χ2v) is 7.40. The summed E-state index contributed by atoms with van der Waals surface area (Å²) in [7, 11) is 0. The smallest absolute Gasteiger partial charge is 0.275 e. The van der Waals surface area contributed by atoms with Crippen LogP contribution in [0.2, 0.25) is 0 Å². The molecular weight excluding hydrogens is 408 g/mol. The fourth-order valence-electron chi connectivity index (χ4n) is 3.70. The lowest BCUT2D eigenvalue weighted by atomic mass is 10.1. The summed E-state index contributed by atoms with van der Waals surface area (Å²) >= 11 is 0. The van der Waals surface area contributed by atoms with E-state index in [1.165, 1.54) is 4.68 Å². The molecule has 5 rings (SSSR count). The summed E-state index contributed by atoms with van der Waals surface area (Å²) in [5.41, 5.74) is 1.92. The van der Waals surface area contributed by atoms with Crippen LogP contribution in [-0.4, -0.2) is 33.9 Å². The number of carbonyl (C=O) groups is 1. The summed E-state index contributed by atoms with van der Waals surface area (Å²) in [5.74, 6) is 0.856. The second-order valence-electron chi connectivity index (χ2n) is 7.40. The molecule has 1 aliphatic heterocycles. The van der Waals surface area contributed by atoms with Gasteiger partial charge in [0.15, 0.2) is 11.5 Å². The predicted molar refractivity (Wildman–Crippen MR) is 119 cm³/mol. The van der Waals surface area contributed by atoms with Crippen molar-refractivity contribution in [1.82, 2.24) is 14.8 Å². The number of hydrogen-bond acceptors (Lipinski definition) is 6. The van der Waals surface area contributed by atoms with Gasteiger partial charge in [-0.05, 0) is 29.8 Å². The summed E-state index contributed by atoms with van der Waals surface area (Å²) in [6.45, 7) is 0.745. The van der Waals surface area contributed by atoms with E-state index < -0.39 is 0 Å². The van der Waals surface area contributed by atoms with Crippen molar-refractivity contribution in [1.29, 1.82) is 0 Å². The van der Waals surface area contributed by atoms with Crippen molar-refractivity contribution in [3.63, 3.8) is 0 Å². The van der Waals surface area contributed by atoms with Gasteiger partial charge in [-0.3, -0.25) is 14.6 Å². The molecule has 2 aromatic heterocycles. The van der Waals surface area contributed by atoms with Gasteiger partial charge in [-0.1, -0.05) is 24.3 Å². The summed E-state index contributed by atoms with van der Waals surface area (Å²) < 4.78 is 12.3. The zero-order valence-electron chi connectivity index (χ0n) is 17.2. The highest BCUT2D eigenvalue weighted by Crippen LogP contribution is 2.32. The van der Waals surface area contributed by atoms with Crippen LogP contribution >= 0.6 is 0 Å². The quantitative estimate of drug-likeness (QED) is 0.525. The van der Waals surface area contributed by atoms with Gasteiger partial charge in [0, 0.05) is 36.0 Å². The summed E-state index contributed by atoms with van der Waals surface area (Å²) in [6, 6.07) is 16.3. The average Bonchev–Trinajstić information content (AvgIpc) is 2.82. The molecule has 8 nitrogen and oxygen atoms in total. The third-order valence-electron chi connectivity index (χ3n) is 5.16. The molecule has 0 saturated heterocycles. The van der Waals surface area contributed by atoms with E-state index >= 15 is 0 Å². The van der Waals surface area contributed by atoms with Gasteiger partial charge in [0.05, 0.1) is 11.1 Å². The fourth-order valence-corrected chi connectivity index (χ4v) is 3.70. The molecule has 8 heteroatoms. The fraction of sp³-hybridized carbons (Fsp3) is 0.167. The van der Waals surface area contributed by atoms with Crippen LogP contribution in [0.3, 0.4) is 0 Å². The molecule has 0 aliphatic carbocycles. The van der Waals surface area contributed by atoms with Crippen molar-refractivity contribution >= 4 is 22.4 Å². The van der Waals surface area contributed by atoms with Crippen LogP contribution in [-0.2, 0) is 17.8 Å². The topological polar surface area (TPSA) is 95.3 Å². The number of benzene rings is 2. The molecule has 0 radical (unpaired) electrons. The SMILES string of the molecule is O=C(Cn1nc(Cc2cccnc2)c2ccccc2c1=O)Nc1ccc2c(c1)OCCO2. The number of aromatic nitrogens is 3. The molecule has 0 atom stereocenters. The van der Waals surface area contributed by atoms with Crippen LogP contribution in [0.25, 0.3) is 10.8 Å². The third-order valence-corrected chi connectivity index (χ3v) is 5.16. The molecular formula is C24H20N4O4. The highest BCUT2D eigenvalue weighted by atomic mass is 16.6. The molecule has 0 saturated carbocycles. The number of fused-ring (bicyclic) bond motifs is 2. The Morgan fingerprint density at radius 3 is 2.62 bits per heavy atom. The van der Waals surface area contributed by atoms with Gasteiger partial charge in [0.1, 0.15) is 19.8 Å². The van der Waals surface area contributed by atoms with E-state index in [0.717, 1.165) is 10.9 Å². The third kappa shape index (κ3) is 4.02. The highest BCUT2D eigenvalue weighted by molar-refractivity contribution is 5.91. The number of nitrogens with one attached hydrogen (secondary N) is 1. The Hall–Kier alpha value is -4.20. The van der Waals surface area contributed by atoms with Gasteiger partial charge in [-0.2, -0.15) is 5.10 Å². The normalized spacial score (nSPS) is 12.5. The minimum atomic E-state index is -0.362. The van der Waals surface area contributed by atoms with Gasteiger partial charge in [-0.25, -0.2) is 4.68 Å². The van der Waals surface area contributed by atoms with E-state index in [4.69, 9.17) is 9.47 Å². The number of amides is 1. The Morgan fingerprint density at radius 1 is 1.00 bits per heavy atom. The molecule has 0 fully saturated rings. The van der Waals surface area contributed by atoms with E-state index in [-0.39, 0.29) is 18.0 Å². The maximum Gasteiger partial charge on any atom is 0.275 e. The first-order chi connectivity index (χ1) is 15.7. The van der Waals surface area contributed by atoms with Gasteiger partial charge < -0.3 is 14.8 Å². The lowest BCUT2D eigenvalue weighted by Crippen LogP contribution is -2.30. The van der Waals surface area contributed by atoms with Crippen molar-refractivity contribution in [3.05, 3.63) is 88.6 Å². The molecule has 1 amide bonds. The van der Waals surface area contributed by atoms with E-state index in [1.807, 2.05) is 24.3 Å². The van der Waals surface area contributed by atoms with E-state index in [1.54, 1.807) is 42.7 Å². The summed E-state index contributed by atoms with van der Waals surface area (Å²) in [5, 5.41) is 8.61. The molecule has 0 spiro atoms. The minimum Gasteiger partial charge on any atom is -0.486 e.